The lowest BCUT2D eigenvalue weighted by molar-refractivity contribution is -0.168. The van der Waals surface area contributed by atoms with Gasteiger partial charge in [-0.15, -0.1) is 0 Å². The Balaban J connectivity index is 1.97. The highest BCUT2D eigenvalue weighted by Crippen LogP contribution is 2.61. The number of rotatable bonds is 2. The average molecular weight is 350 g/mol. The fraction of sp³-hybridized carbons (Fsp3) is 0.286. The first kappa shape index (κ1) is 16.5. The van der Waals surface area contributed by atoms with Crippen LogP contribution in [0.15, 0.2) is 48.5 Å². The molecule has 0 spiro atoms. The molecule has 1 fully saturated rings. The predicted octanol–water partition coefficient (Wildman–Crippen LogP) is 2.69. The molecule has 2 aliphatic rings. The lowest BCUT2D eigenvalue weighted by Gasteiger charge is -2.49. The maximum Gasteiger partial charge on any atom is 0.310 e. The first-order valence-electron chi connectivity index (χ1n) is 8.48. The summed E-state index contributed by atoms with van der Waals surface area (Å²) in [6, 6.07) is 14.6. The van der Waals surface area contributed by atoms with Crippen molar-refractivity contribution >= 4 is 17.7 Å². The second-order valence-electron chi connectivity index (χ2n) is 6.65. The van der Waals surface area contributed by atoms with Gasteiger partial charge in [0.05, 0.1) is 26.1 Å². The molecule has 2 aliphatic carbocycles. The molecule has 0 aromatic heterocycles. The van der Waals surface area contributed by atoms with E-state index in [4.69, 9.17) is 9.47 Å². The van der Waals surface area contributed by atoms with Crippen LogP contribution < -0.4 is 0 Å². The van der Waals surface area contributed by atoms with Gasteiger partial charge in [-0.1, -0.05) is 48.5 Å². The maximum absolute atomic E-state index is 13.1. The first-order chi connectivity index (χ1) is 12.6. The van der Waals surface area contributed by atoms with Gasteiger partial charge in [-0.3, -0.25) is 14.4 Å². The van der Waals surface area contributed by atoms with Crippen LogP contribution in [0.3, 0.4) is 0 Å². The van der Waals surface area contributed by atoms with Crippen molar-refractivity contribution in [1.82, 2.24) is 0 Å². The number of methoxy groups -OCH3 is 2. The van der Waals surface area contributed by atoms with Crippen LogP contribution in [0, 0.1) is 11.8 Å². The molecule has 2 aromatic rings. The zero-order valence-corrected chi connectivity index (χ0v) is 14.5. The number of esters is 2. The summed E-state index contributed by atoms with van der Waals surface area (Å²) in [5, 5.41) is 0. The van der Waals surface area contributed by atoms with E-state index in [9.17, 15) is 14.4 Å². The minimum atomic E-state index is -0.669. The molecule has 0 heterocycles. The van der Waals surface area contributed by atoms with Gasteiger partial charge in [0, 0.05) is 23.0 Å². The summed E-state index contributed by atoms with van der Waals surface area (Å²) in [5.74, 6) is -2.93. The fourth-order valence-corrected chi connectivity index (χ4v) is 4.51. The topological polar surface area (TPSA) is 69.7 Å². The van der Waals surface area contributed by atoms with Crippen molar-refractivity contribution in [3.8, 4) is 0 Å². The summed E-state index contributed by atoms with van der Waals surface area (Å²) in [6.45, 7) is 0. The molecule has 0 aliphatic heterocycles. The Morgan fingerprint density at radius 3 is 1.50 bits per heavy atom. The Morgan fingerprint density at radius 1 is 0.731 bits per heavy atom. The van der Waals surface area contributed by atoms with E-state index in [1.165, 1.54) is 14.2 Å². The minimum absolute atomic E-state index is 0.0853. The highest BCUT2D eigenvalue weighted by Gasteiger charge is 2.61. The molecule has 3 unspecified atom stereocenters. The quantitative estimate of drug-likeness (QED) is 0.779. The number of carbonyl (C=O) groups is 3. The second kappa shape index (κ2) is 6.09. The van der Waals surface area contributed by atoms with Crippen LogP contribution in [0.4, 0.5) is 0 Å². The lowest BCUT2D eigenvalue weighted by Crippen LogP contribution is -2.52. The standard InChI is InChI=1S/C21H18O5/c1-25-20(23)17-15-11-7-3-5-9-13(11)19(22)14-10-6-4-8-12(14)16(15)18(17)21(24)26-2/h3-10,15-18H,1-2H3/t15?,16?,17-,18?/m0/s1. The van der Waals surface area contributed by atoms with Gasteiger partial charge >= 0.3 is 11.9 Å². The van der Waals surface area contributed by atoms with Gasteiger partial charge in [0.25, 0.3) is 0 Å². The number of hydrogen-bond donors (Lipinski definition) is 0. The van der Waals surface area contributed by atoms with E-state index in [0.717, 1.165) is 11.1 Å². The molecular weight excluding hydrogens is 332 g/mol. The Labute approximate surface area is 150 Å². The number of fused-ring (bicyclic) bond motifs is 5. The van der Waals surface area contributed by atoms with Crippen molar-refractivity contribution in [3.05, 3.63) is 70.8 Å². The van der Waals surface area contributed by atoms with E-state index in [1.54, 1.807) is 12.1 Å². The van der Waals surface area contributed by atoms with Gasteiger partial charge in [0.1, 0.15) is 0 Å². The highest BCUT2D eigenvalue weighted by atomic mass is 16.5. The van der Waals surface area contributed by atoms with Crippen molar-refractivity contribution in [2.24, 2.45) is 11.8 Å². The van der Waals surface area contributed by atoms with Crippen LogP contribution in [0.1, 0.15) is 38.9 Å². The van der Waals surface area contributed by atoms with Crippen LogP contribution in [0.5, 0.6) is 0 Å². The fourth-order valence-electron chi connectivity index (χ4n) is 4.51. The molecule has 1 saturated carbocycles. The van der Waals surface area contributed by atoms with Crippen molar-refractivity contribution in [1.29, 1.82) is 0 Å². The van der Waals surface area contributed by atoms with Crippen molar-refractivity contribution in [3.63, 3.8) is 0 Å². The Morgan fingerprint density at radius 2 is 1.12 bits per heavy atom. The summed E-state index contributed by atoms with van der Waals surface area (Å²) in [7, 11) is 2.62. The first-order valence-corrected chi connectivity index (χ1v) is 8.48. The van der Waals surface area contributed by atoms with Crippen LogP contribution in [0.25, 0.3) is 0 Å². The Kier molecular flexibility index (Phi) is 3.87. The van der Waals surface area contributed by atoms with E-state index in [-0.39, 0.29) is 17.6 Å². The van der Waals surface area contributed by atoms with E-state index in [2.05, 4.69) is 0 Å². The highest BCUT2D eigenvalue weighted by molar-refractivity contribution is 6.12. The van der Waals surface area contributed by atoms with E-state index < -0.39 is 23.8 Å². The summed E-state index contributed by atoms with van der Waals surface area (Å²) >= 11 is 0. The molecule has 0 saturated heterocycles. The second-order valence-corrected chi connectivity index (χ2v) is 6.65. The molecule has 132 valence electrons. The van der Waals surface area contributed by atoms with Crippen molar-refractivity contribution in [2.75, 3.05) is 14.2 Å². The Hall–Kier alpha value is -2.95. The summed E-state index contributed by atoms with van der Waals surface area (Å²) in [6.07, 6.45) is 0. The third kappa shape index (κ3) is 2.13. The maximum atomic E-state index is 13.1. The van der Waals surface area contributed by atoms with Gasteiger partial charge < -0.3 is 9.47 Å². The number of hydrogen-bond acceptors (Lipinski definition) is 5. The molecular formula is C21H18O5. The SMILES string of the molecule is COC(=O)C1C2c3ccccc3C(=O)c3ccccc3C2[C@@H]1C(=O)OC. The predicted molar refractivity (Wildman–Crippen MR) is 92.8 cm³/mol. The Bertz CT molecular complexity index is 843. The van der Waals surface area contributed by atoms with Crippen LogP contribution in [-0.2, 0) is 19.1 Å². The third-order valence-corrected chi connectivity index (χ3v) is 5.62. The third-order valence-electron chi connectivity index (χ3n) is 5.62. The smallest absolute Gasteiger partial charge is 0.310 e. The normalized spacial score (nSPS) is 25.7. The van der Waals surface area contributed by atoms with Crippen LogP contribution in [0.2, 0.25) is 0 Å². The molecule has 4 rings (SSSR count). The van der Waals surface area contributed by atoms with Gasteiger partial charge in [-0.2, -0.15) is 0 Å². The van der Waals surface area contributed by atoms with Crippen LogP contribution in [-0.4, -0.2) is 31.9 Å². The van der Waals surface area contributed by atoms with E-state index >= 15 is 0 Å². The zero-order valence-electron chi connectivity index (χ0n) is 14.5. The number of carbonyl (C=O) groups excluding carboxylic acids is 3. The minimum Gasteiger partial charge on any atom is -0.469 e. The van der Waals surface area contributed by atoms with Crippen LogP contribution >= 0.6 is 0 Å². The van der Waals surface area contributed by atoms with E-state index in [1.807, 2.05) is 36.4 Å². The summed E-state index contributed by atoms with van der Waals surface area (Å²) < 4.78 is 9.93. The van der Waals surface area contributed by atoms with Crippen molar-refractivity contribution < 1.29 is 23.9 Å². The van der Waals surface area contributed by atoms with Crippen molar-refractivity contribution in [2.45, 2.75) is 11.8 Å². The zero-order chi connectivity index (χ0) is 18.4. The molecule has 2 aromatic carbocycles. The van der Waals surface area contributed by atoms with Gasteiger partial charge in [-0.05, 0) is 11.1 Å². The molecule has 0 bridgehead atoms. The average Bonchev–Trinajstić information content (AvgIpc) is 2.74. The van der Waals surface area contributed by atoms with Gasteiger partial charge in [0.15, 0.2) is 5.78 Å². The molecule has 4 atom stereocenters. The lowest BCUT2D eigenvalue weighted by atomic mass is 9.52. The largest absolute Gasteiger partial charge is 0.469 e. The summed E-state index contributed by atoms with van der Waals surface area (Å²) in [5.41, 5.74) is 2.72. The molecule has 5 heteroatoms. The molecule has 0 N–H and O–H groups in total. The molecule has 5 nitrogen and oxygen atoms in total. The number of benzene rings is 2. The monoisotopic (exact) mass is 350 g/mol. The number of ketones is 1. The molecule has 26 heavy (non-hydrogen) atoms. The van der Waals surface area contributed by atoms with Gasteiger partial charge in [0.2, 0.25) is 0 Å². The number of ether oxygens (including phenoxy) is 2. The molecule has 0 radical (unpaired) electrons. The summed E-state index contributed by atoms with van der Waals surface area (Å²) in [4.78, 5) is 38.1. The molecule has 0 amide bonds. The van der Waals surface area contributed by atoms with Gasteiger partial charge in [-0.25, -0.2) is 0 Å². The van der Waals surface area contributed by atoms with E-state index in [0.29, 0.717) is 11.1 Å².